The minimum atomic E-state index is -4.56. The molecule has 0 amide bonds. The largest absolute Gasteiger partial charge is 0.433 e. The molecule has 0 atom stereocenters. The lowest BCUT2D eigenvalue weighted by Crippen LogP contribution is -2.12. The second kappa shape index (κ2) is 8.39. The number of ketones is 1. The number of nitrogens with zero attached hydrogens (tertiary/aromatic N) is 4. The van der Waals surface area contributed by atoms with Gasteiger partial charge in [-0.25, -0.2) is 14.5 Å². The van der Waals surface area contributed by atoms with Crippen molar-refractivity contribution in [3.8, 4) is 11.1 Å². The summed E-state index contributed by atoms with van der Waals surface area (Å²) in [5.74, 6) is 0.00937. The normalized spacial score (nSPS) is 11.8. The number of fused-ring (bicyclic) bond motifs is 1. The van der Waals surface area contributed by atoms with Gasteiger partial charge in [-0.1, -0.05) is 30.3 Å². The topological polar surface area (TPSA) is 106 Å². The Hall–Kier alpha value is -3.79. The van der Waals surface area contributed by atoms with Crippen molar-refractivity contribution in [1.82, 2.24) is 19.6 Å². The van der Waals surface area contributed by atoms with Crippen molar-refractivity contribution in [3.05, 3.63) is 77.5 Å². The van der Waals surface area contributed by atoms with Gasteiger partial charge >= 0.3 is 6.18 Å². The molecular weight excluding hydrogens is 423 g/mol. The first-order valence-corrected chi connectivity index (χ1v) is 9.62. The van der Waals surface area contributed by atoms with Crippen LogP contribution < -0.4 is 5.73 Å². The van der Waals surface area contributed by atoms with E-state index in [0.29, 0.717) is 22.2 Å². The van der Waals surface area contributed by atoms with Crippen LogP contribution in [0.5, 0.6) is 0 Å². The van der Waals surface area contributed by atoms with Crippen LogP contribution in [-0.4, -0.2) is 30.5 Å². The number of carbonyl (C=O) groups is 1. The molecule has 0 saturated heterocycles. The zero-order valence-corrected chi connectivity index (χ0v) is 16.7. The maximum Gasteiger partial charge on any atom is 0.433 e. The summed E-state index contributed by atoms with van der Waals surface area (Å²) in [4.78, 5) is 19.9. The van der Waals surface area contributed by atoms with E-state index in [1.165, 1.54) is 18.5 Å². The first-order valence-electron chi connectivity index (χ1n) is 9.62. The van der Waals surface area contributed by atoms with Gasteiger partial charge in [0.05, 0.1) is 6.61 Å². The molecule has 0 bridgehead atoms. The van der Waals surface area contributed by atoms with Gasteiger partial charge in [0.25, 0.3) is 0 Å². The molecule has 4 rings (SSSR count). The van der Waals surface area contributed by atoms with Crippen LogP contribution in [0.25, 0.3) is 16.6 Å². The Balaban J connectivity index is 1.53. The minimum Gasteiger partial charge on any atom is -0.392 e. The molecule has 3 aromatic heterocycles. The Morgan fingerprint density at radius 3 is 2.53 bits per heavy atom. The Bertz CT molecular complexity index is 1280. The van der Waals surface area contributed by atoms with E-state index in [-0.39, 0.29) is 36.7 Å². The number of aromatic nitrogens is 4. The predicted molar refractivity (Wildman–Crippen MR) is 110 cm³/mol. The fourth-order valence-corrected chi connectivity index (χ4v) is 3.54. The van der Waals surface area contributed by atoms with E-state index in [9.17, 15) is 23.1 Å². The molecule has 32 heavy (non-hydrogen) atoms. The lowest BCUT2D eigenvalue weighted by molar-refractivity contribution is -0.141. The number of nitrogen functional groups attached to an aromatic ring is 1. The number of Topliss-reactive ketones (excluding diaryl/α,β-unsaturated/α-hetero) is 1. The van der Waals surface area contributed by atoms with Crippen LogP contribution in [0, 0.1) is 0 Å². The quantitative estimate of drug-likeness (QED) is 0.476. The molecule has 0 unspecified atom stereocenters. The van der Waals surface area contributed by atoms with Crippen molar-refractivity contribution in [1.29, 1.82) is 0 Å². The van der Waals surface area contributed by atoms with Crippen molar-refractivity contribution in [3.63, 3.8) is 0 Å². The number of halogens is 3. The summed E-state index contributed by atoms with van der Waals surface area (Å²) < 4.78 is 40.0. The number of hydrogen-bond acceptors (Lipinski definition) is 6. The van der Waals surface area contributed by atoms with Crippen molar-refractivity contribution in [2.45, 2.75) is 25.6 Å². The Labute approximate surface area is 180 Å². The number of carbonyl (C=O) groups excluding carboxylic acids is 1. The van der Waals surface area contributed by atoms with E-state index < -0.39 is 11.9 Å². The van der Waals surface area contributed by atoms with Gasteiger partial charge in [0, 0.05) is 35.9 Å². The lowest BCUT2D eigenvalue weighted by Gasteiger charge is -2.08. The summed E-state index contributed by atoms with van der Waals surface area (Å²) in [5, 5.41) is 13.8. The second-order valence-corrected chi connectivity index (χ2v) is 7.23. The lowest BCUT2D eigenvalue weighted by atomic mass is 9.99. The van der Waals surface area contributed by atoms with Gasteiger partial charge in [-0.15, -0.1) is 0 Å². The maximum atomic E-state index is 12.8. The zero-order valence-electron chi connectivity index (χ0n) is 16.7. The summed E-state index contributed by atoms with van der Waals surface area (Å²) in [6, 6.07) is 10.6. The molecule has 0 fully saturated rings. The van der Waals surface area contributed by atoms with E-state index >= 15 is 0 Å². The van der Waals surface area contributed by atoms with E-state index in [0.717, 1.165) is 11.6 Å². The van der Waals surface area contributed by atoms with E-state index in [1.807, 2.05) is 0 Å². The van der Waals surface area contributed by atoms with Gasteiger partial charge in [0.2, 0.25) is 0 Å². The van der Waals surface area contributed by atoms with Crippen molar-refractivity contribution in [2.24, 2.45) is 0 Å². The van der Waals surface area contributed by atoms with E-state index in [1.54, 1.807) is 35.0 Å². The van der Waals surface area contributed by atoms with Gasteiger partial charge in [0.15, 0.2) is 5.82 Å². The molecule has 10 heteroatoms. The molecule has 0 radical (unpaired) electrons. The first kappa shape index (κ1) is 21.4. The van der Waals surface area contributed by atoms with Crippen LogP contribution in [0.15, 0.2) is 55.0 Å². The van der Waals surface area contributed by atoms with Crippen molar-refractivity contribution >= 4 is 17.1 Å². The number of aliphatic hydroxyl groups excluding tert-OH is 1. The van der Waals surface area contributed by atoms with Crippen LogP contribution in [0.1, 0.15) is 22.5 Å². The summed E-state index contributed by atoms with van der Waals surface area (Å²) in [7, 11) is 0. The van der Waals surface area contributed by atoms with Gasteiger partial charge in [-0.2, -0.15) is 18.3 Å². The van der Waals surface area contributed by atoms with Gasteiger partial charge in [0.1, 0.15) is 23.3 Å². The highest BCUT2D eigenvalue weighted by atomic mass is 19.4. The van der Waals surface area contributed by atoms with Crippen LogP contribution in [-0.2, 0) is 30.4 Å². The standard InChI is InChI=1S/C22H18F3N5O2/c23-22(24,25)18-3-1-2-16(29-18)9-17(32)8-13-4-6-14(7-5-13)19-15(11-31)10-30-20(19)21(26)27-12-28-30/h1-7,10,12,31H,8-9,11H2,(H2,26,27,28). The molecule has 0 aliphatic carbocycles. The second-order valence-electron chi connectivity index (χ2n) is 7.23. The van der Waals surface area contributed by atoms with Crippen molar-refractivity contribution < 1.29 is 23.1 Å². The molecule has 0 aliphatic rings. The van der Waals surface area contributed by atoms with Gasteiger partial charge in [-0.05, 0) is 23.3 Å². The van der Waals surface area contributed by atoms with Crippen molar-refractivity contribution in [2.75, 3.05) is 5.73 Å². The van der Waals surface area contributed by atoms with Crippen LogP contribution in [0.2, 0.25) is 0 Å². The molecule has 3 heterocycles. The Morgan fingerprint density at radius 2 is 1.84 bits per heavy atom. The molecule has 7 nitrogen and oxygen atoms in total. The Kier molecular flexibility index (Phi) is 5.62. The number of hydrogen-bond donors (Lipinski definition) is 2. The molecule has 4 aromatic rings. The molecular formula is C22H18F3N5O2. The summed E-state index contributed by atoms with van der Waals surface area (Å²) in [6.07, 6.45) is -1.71. The Morgan fingerprint density at radius 1 is 1.09 bits per heavy atom. The molecule has 0 spiro atoms. The third-order valence-electron chi connectivity index (χ3n) is 4.97. The molecule has 0 saturated carbocycles. The fourth-order valence-electron chi connectivity index (χ4n) is 3.54. The molecule has 3 N–H and O–H groups in total. The number of benzene rings is 1. The number of nitrogens with two attached hydrogens (primary N) is 1. The number of aliphatic hydroxyl groups is 1. The fraction of sp³-hybridized carbons (Fsp3) is 0.182. The number of alkyl halides is 3. The molecule has 164 valence electrons. The first-order chi connectivity index (χ1) is 15.3. The predicted octanol–water partition coefficient (Wildman–Crippen LogP) is 3.24. The maximum absolute atomic E-state index is 12.8. The SMILES string of the molecule is Nc1ncnn2cc(CO)c(-c3ccc(CC(=O)Cc4cccc(C(F)(F)F)n4)cc3)c12. The van der Waals surface area contributed by atoms with Gasteiger partial charge in [-0.3, -0.25) is 4.79 Å². The van der Waals surface area contributed by atoms with Crippen LogP contribution >= 0.6 is 0 Å². The van der Waals surface area contributed by atoms with E-state index in [4.69, 9.17) is 5.73 Å². The monoisotopic (exact) mass is 441 g/mol. The molecule has 1 aromatic carbocycles. The highest BCUT2D eigenvalue weighted by molar-refractivity contribution is 5.90. The van der Waals surface area contributed by atoms with Crippen LogP contribution in [0.3, 0.4) is 0 Å². The zero-order chi connectivity index (χ0) is 22.9. The number of pyridine rings is 1. The number of anilines is 1. The highest BCUT2D eigenvalue weighted by Gasteiger charge is 2.32. The average molecular weight is 441 g/mol. The third-order valence-corrected chi connectivity index (χ3v) is 4.97. The summed E-state index contributed by atoms with van der Waals surface area (Å²) in [5.41, 5.74) is 8.38. The average Bonchev–Trinajstić information content (AvgIpc) is 3.14. The summed E-state index contributed by atoms with van der Waals surface area (Å²) >= 11 is 0. The highest BCUT2D eigenvalue weighted by Crippen LogP contribution is 2.32. The van der Waals surface area contributed by atoms with Crippen LogP contribution in [0.4, 0.5) is 19.0 Å². The summed E-state index contributed by atoms with van der Waals surface area (Å²) in [6.45, 7) is -0.220. The van der Waals surface area contributed by atoms with E-state index in [2.05, 4.69) is 15.1 Å². The molecule has 0 aliphatic heterocycles. The third kappa shape index (κ3) is 4.30. The number of rotatable bonds is 6. The smallest absolute Gasteiger partial charge is 0.392 e. The van der Waals surface area contributed by atoms with Gasteiger partial charge < -0.3 is 10.8 Å². The minimum absolute atomic E-state index is 0.0484.